The second-order valence-corrected chi connectivity index (χ2v) is 33.5. The molecule has 0 atom stereocenters. The molecule has 0 saturated carbocycles. The van der Waals surface area contributed by atoms with Gasteiger partial charge in [-0.25, -0.2) is 0 Å². The average Bonchev–Trinajstić information content (AvgIpc) is 0.802. The number of ether oxygens (including phenoxy) is 2. The Bertz CT molecular complexity index is 6390. The summed E-state index contributed by atoms with van der Waals surface area (Å²) in [6, 6.07) is 134. The van der Waals surface area contributed by atoms with Crippen LogP contribution in [0.25, 0.3) is 38.6 Å². The lowest BCUT2D eigenvalue weighted by Crippen LogP contribution is -2.66. The largest absolute Gasteiger partial charge is 0.458 e. The van der Waals surface area contributed by atoms with Gasteiger partial charge in [0.1, 0.15) is 23.0 Å². The van der Waals surface area contributed by atoms with Crippen LogP contribution >= 0.6 is 0 Å². The van der Waals surface area contributed by atoms with Gasteiger partial charge in [0.2, 0.25) is 0 Å². The molecular formula is C104H78B3N7O2. The first-order chi connectivity index (χ1) is 56.8. The van der Waals surface area contributed by atoms with Crippen LogP contribution in [0.3, 0.4) is 0 Å². The molecule has 7 heterocycles. The molecule has 0 spiro atoms. The summed E-state index contributed by atoms with van der Waals surface area (Å²) in [5.74, 6) is 3.18. The number of aromatic nitrogens is 1. The quantitative estimate of drug-likeness (QED) is 0.126. The van der Waals surface area contributed by atoms with Crippen LogP contribution in [0, 0.1) is 0 Å². The first-order valence-electron chi connectivity index (χ1n) is 40.5. The molecule has 0 aliphatic carbocycles. The van der Waals surface area contributed by atoms with Crippen molar-refractivity contribution < 1.29 is 9.47 Å². The van der Waals surface area contributed by atoms with Gasteiger partial charge < -0.3 is 43.4 Å². The lowest BCUT2D eigenvalue weighted by molar-refractivity contribution is 0.464. The molecule has 1 aromatic heterocycles. The maximum absolute atomic E-state index is 7.86. The molecule has 0 N–H and O–H groups in total. The number of fused-ring (bicyclic) bond motifs is 15. The van der Waals surface area contributed by atoms with E-state index in [1.165, 1.54) is 54.6 Å². The zero-order chi connectivity index (χ0) is 77.4. The fourth-order valence-electron chi connectivity index (χ4n) is 20.1. The van der Waals surface area contributed by atoms with Crippen LogP contribution in [-0.2, 0) is 0 Å². The maximum Gasteiger partial charge on any atom is 0.260 e. The van der Waals surface area contributed by atoms with Crippen molar-refractivity contribution in [1.82, 2.24) is 4.57 Å². The van der Waals surface area contributed by atoms with Crippen molar-refractivity contribution in [3.8, 4) is 39.8 Å². The monoisotopic (exact) mass is 1490 g/mol. The molecular weight excluding hydrogens is 1410 g/mol. The van der Waals surface area contributed by atoms with Crippen molar-refractivity contribution in [3.63, 3.8) is 0 Å². The maximum atomic E-state index is 7.86. The van der Waals surface area contributed by atoms with Gasteiger partial charge in [0.15, 0.2) is 0 Å². The molecule has 17 aromatic rings. The van der Waals surface area contributed by atoms with Crippen molar-refractivity contribution in [2.45, 2.75) is 52.6 Å². The number of benzene rings is 16. The standard InChI is InChI=1S/C104H78B3N7O2/c1-103(2,3)113-90-65-96-84(63-82(90)105-80-47-27-31-51-88(80)111(73-41-21-11-22-42-73)92-59-76(61-94(113)100(92)105)108(69-33-13-7-14-34-69)70-35-15-8-16-36-70)107-85-64-83-91(66-97(85)116-99-58-68(57-98(115-96)102(99)107)67-53-55-75(56-54-67)110-86-49-29-25-45-78(86)79-46-26-30-50-87(79)110)114(104(4,5)6)95-62-77(109(71-37-17-9-18-38-71)72-39-19-10-20-40-72)60-93-101(95)106(83)81-48-28-32-52-89(81)112(93)74-43-23-12-24-44-74/h7-66H,1-6H3. The minimum Gasteiger partial charge on any atom is -0.458 e. The van der Waals surface area contributed by atoms with Gasteiger partial charge in [0, 0.05) is 125 Å². The van der Waals surface area contributed by atoms with Crippen molar-refractivity contribution in [1.29, 1.82) is 0 Å². The Labute approximate surface area is 677 Å². The summed E-state index contributed by atoms with van der Waals surface area (Å²) in [4.78, 5) is 15.1. The number of hydrogen-bond acceptors (Lipinski definition) is 8. The van der Waals surface area contributed by atoms with Crippen molar-refractivity contribution in [2.24, 2.45) is 0 Å². The lowest BCUT2D eigenvalue weighted by atomic mass is 9.29. The van der Waals surface area contributed by atoms with Gasteiger partial charge in [-0.1, -0.05) is 206 Å². The van der Waals surface area contributed by atoms with Crippen LogP contribution in [0.2, 0.25) is 0 Å². The van der Waals surface area contributed by atoms with E-state index in [0.717, 1.165) is 147 Å². The van der Waals surface area contributed by atoms with Gasteiger partial charge in [-0.3, -0.25) is 0 Å². The summed E-state index contributed by atoms with van der Waals surface area (Å²) < 4.78 is 18.1. The van der Waals surface area contributed by atoms with Crippen LogP contribution in [0.1, 0.15) is 41.5 Å². The van der Waals surface area contributed by atoms with Crippen molar-refractivity contribution >= 4 is 182 Å². The second kappa shape index (κ2) is 25.7. The summed E-state index contributed by atoms with van der Waals surface area (Å²) >= 11 is 0. The molecule has 23 rings (SSSR count). The molecule has 0 bridgehead atoms. The van der Waals surface area contributed by atoms with Gasteiger partial charge in [0.25, 0.3) is 20.1 Å². The highest BCUT2D eigenvalue weighted by molar-refractivity contribution is 7.03. The molecule has 550 valence electrons. The molecule has 116 heavy (non-hydrogen) atoms. The first-order valence-corrected chi connectivity index (χ1v) is 40.5. The second-order valence-electron chi connectivity index (χ2n) is 33.5. The minimum atomic E-state index is -0.468. The molecule has 0 amide bonds. The molecule has 12 heteroatoms. The van der Waals surface area contributed by atoms with E-state index in [4.69, 9.17) is 9.47 Å². The summed E-state index contributed by atoms with van der Waals surface area (Å²) in [5, 5.41) is 2.46. The van der Waals surface area contributed by atoms with E-state index in [1.807, 2.05) is 0 Å². The fraction of sp³-hybridized carbons (Fsp3) is 0.0769. The Hall–Kier alpha value is -14.1. The molecule has 6 aliphatic heterocycles. The van der Waals surface area contributed by atoms with Crippen LogP contribution in [-0.4, -0.2) is 35.8 Å². The van der Waals surface area contributed by atoms with Crippen molar-refractivity contribution in [2.75, 3.05) is 29.4 Å². The molecule has 0 saturated heterocycles. The third-order valence-electron chi connectivity index (χ3n) is 24.6. The highest BCUT2D eigenvalue weighted by atomic mass is 16.5. The third-order valence-corrected chi connectivity index (χ3v) is 24.6. The fourth-order valence-corrected chi connectivity index (χ4v) is 20.1. The van der Waals surface area contributed by atoms with Crippen molar-refractivity contribution in [3.05, 3.63) is 364 Å². The molecule has 0 radical (unpaired) electrons. The van der Waals surface area contributed by atoms with Crippen LogP contribution in [0.15, 0.2) is 364 Å². The van der Waals surface area contributed by atoms with Gasteiger partial charge >= 0.3 is 0 Å². The van der Waals surface area contributed by atoms with E-state index in [9.17, 15) is 0 Å². The van der Waals surface area contributed by atoms with Gasteiger partial charge in [-0.2, -0.15) is 0 Å². The zero-order valence-electron chi connectivity index (χ0n) is 65.3. The lowest BCUT2D eigenvalue weighted by Gasteiger charge is -2.49. The van der Waals surface area contributed by atoms with Crippen LogP contribution in [0.5, 0.6) is 23.0 Å². The zero-order valence-corrected chi connectivity index (χ0v) is 65.3. The number of anilines is 16. The SMILES string of the molecule is CC(C)(C)N1c2cc3c(cc2B2c4ccccc4N(c4ccccc4)c4cc(N(c5ccccc5)c5ccccc5)cc1c42)B1c2cc4c(cc2Oc2cc(-c5ccc(-n6c7ccccc7c7ccccc76)cc5)cc(c21)O3)N(C(C)(C)C)c1cc(N(c2ccccc2)c2ccccc2)cc2c1B4c1ccccc1N2c1ccccc1. The molecule has 16 aromatic carbocycles. The van der Waals surface area contributed by atoms with Crippen LogP contribution in [0.4, 0.5) is 91.0 Å². The summed E-state index contributed by atoms with van der Waals surface area (Å²) in [5.41, 5.74) is 32.8. The summed E-state index contributed by atoms with van der Waals surface area (Å²) in [7, 11) is 0. The Morgan fingerprint density at radius 1 is 0.241 bits per heavy atom. The molecule has 9 nitrogen and oxygen atoms in total. The molecule has 0 fully saturated rings. The van der Waals surface area contributed by atoms with Gasteiger partial charge in [-0.05, 0) is 242 Å². The van der Waals surface area contributed by atoms with E-state index in [0.29, 0.717) is 0 Å². The topological polar surface area (TPSA) is 42.8 Å². The van der Waals surface area contributed by atoms with Gasteiger partial charge in [-0.15, -0.1) is 0 Å². The number of nitrogens with zero attached hydrogens (tertiary/aromatic N) is 7. The summed E-state index contributed by atoms with van der Waals surface area (Å²) in [6.45, 7) is 13.4. The Morgan fingerprint density at radius 3 is 0.983 bits per heavy atom. The van der Waals surface area contributed by atoms with Gasteiger partial charge in [0.05, 0.1) is 22.4 Å². The van der Waals surface area contributed by atoms with E-state index in [-0.39, 0.29) is 20.1 Å². The number of rotatable bonds is 10. The summed E-state index contributed by atoms with van der Waals surface area (Å²) in [6.07, 6.45) is 0. The Balaban J connectivity index is 0.774. The normalized spacial score (nSPS) is 13.6. The highest BCUT2D eigenvalue weighted by Crippen LogP contribution is 2.53. The smallest absolute Gasteiger partial charge is 0.260 e. The Morgan fingerprint density at radius 2 is 0.586 bits per heavy atom. The molecule has 6 aliphatic rings. The number of para-hydroxylation sites is 10. The Kier molecular flexibility index (Phi) is 15.0. The number of hydrogen-bond donors (Lipinski definition) is 0. The molecule has 0 unspecified atom stereocenters. The first kappa shape index (κ1) is 67.6. The predicted octanol–water partition coefficient (Wildman–Crippen LogP) is 21.2. The highest BCUT2D eigenvalue weighted by Gasteiger charge is 2.52. The van der Waals surface area contributed by atoms with E-state index in [2.05, 4.69) is 439 Å². The minimum absolute atomic E-state index is 0.200. The van der Waals surface area contributed by atoms with E-state index in [1.54, 1.807) is 0 Å². The average molecular weight is 1490 g/mol. The van der Waals surface area contributed by atoms with E-state index < -0.39 is 11.1 Å². The van der Waals surface area contributed by atoms with E-state index >= 15 is 0 Å². The van der Waals surface area contributed by atoms with Crippen LogP contribution < -0.4 is 88.0 Å². The predicted molar refractivity (Wildman–Crippen MR) is 489 cm³/mol. The third kappa shape index (κ3) is 10.3.